The van der Waals surface area contributed by atoms with E-state index in [1.165, 1.54) is 18.6 Å². The van der Waals surface area contributed by atoms with Gasteiger partial charge < -0.3 is 0 Å². The molecule has 0 saturated carbocycles. The monoisotopic (exact) mass is 463 g/mol. The number of hydrogen-bond donors (Lipinski definition) is 0. The third-order valence-electron chi connectivity index (χ3n) is 4.59. The van der Waals surface area contributed by atoms with Crippen LogP contribution in [0.25, 0.3) is 0 Å². The Balaban J connectivity index is 0.000000714. The average Bonchev–Trinajstić information content (AvgIpc) is 3.01. The van der Waals surface area contributed by atoms with Gasteiger partial charge in [0.25, 0.3) is 5.91 Å². The first-order valence-electron chi connectivity index (χ1n) is 11.2. The van der Waals surface area contributed by atoms with Crippen LogP contribution >= 0.6 is 11.8 Å². The van der Waals surface area contributed by atoms with Crippen LogP contribution in [-0.2, 0) is 4.84 Å². The predicted molar refractivity (Wildman–Crippen MR) is 138 cm³/mol. The van der Waals surface area contributed by atoms with Gasteiger partial charge in [-0.15, -0.1) is 0 Å². The van der Waals surface area contributed by atoms with Crippen LogP contribution in [0.1, 0.15) is 61.3 Å². The van der Waals surface area contributed by atoms with E-state index in [4.69, 9.17) is 9.83 Å². The summed E-state index contributed by atoms with van der Waals surface area (Å²) < 4.78 is 0. The van der Waals surface area contributed by atoms with E-state index in [2.05, 4.69) is 31.0 Å². The Bertz CT molecular complexity index is 1110. The molecule has 1 amide bonds. The lowest BCUT2D eigenvalue weighted by Gasteiger charge is -2.14. The van der Waals surface area contributed by atoms with E-state index < -0.39 is 0 Å². The molecule has 0 fully saturated rings. The standard InChI is InChI=1S/C22H19N3O2S.C3H8.C2H6/c1-14-7-6-12-23-20(14)21-16-8-4-5-9-18(16)28-19-11-10-15(13-17(19)24-21)22(26)25(2)27-3;1-3-2;1-2/h4-13H,1-3H3;3H2,1-2H3;1-2H3. The van der Waals surface area contributed by atoms with Crippen LogP contribution in [0.4, 0.5) is 5.69 Å². The summed E-state index contributed by atoms with van der Waals surface area (Å²) in [5.41, 5.74) is 5.01. The number of hydroxylamine groups is 2. The highest BCUT2D eigenvalue weighted by Crippen LogP contribution is 2.41. The molecule has 4 rings (SSSR count). The molecule has 0 bridgehead atoms. The lowest BCUT2D eigenvalue weighted by Crippen LogP contribution is -2.25. The van der Waals surface area contributed by atoms with Gasteiger partial charge in [0, 0.05) is 34.2 Å². The first-order chi connectivity index (χ1) is 16.0. The van der Waals surface area contributed by atoms with Gasteiger partial charge in [0.2, 0.25) is 0 Å². The number of aromatic nitrogens is 1. The van der Waals surface area contributed by atoms with Gasteiger partial charge in [0.1, 0.15) is 0 Å². The highest BCUT2D eigenvalue weighted by Gasteiger charge is 2.22. The quantitative estimate of drug-likeness (QED) is 0.304. The van der Waals surface area contributed by atoms with E-state index in [1.54, 1.807) is 31.1 Å². The van der Waals surface area contributed by atoms with E-state index in [-0.39, 0.29) is 5.91 Å². The zero-order valence-electron chi connectivity index (χ0n) is 20.5. The molecule has 2 heterocycles. The number of aliphatic imine (C=N–C) groups is 1. The van der Waals surface area contributed by atoms with Crippen LogP contribution in [0, 0.1) is 6.92 Å². The number of fused-ring (bicyclic) bond motifs is 2. The Kier molecular flexibility index (Phi) is 10.3. The highest BCUT2D eigenvalue weighted by atomic mass is 32.2. The van der Waals surface area contributed by atoms with Crippen molar-refractivity contribution >= 4 is 29.1 Å². The number of pyridine rings is 1. The van der Waals surface area contributed by atoms with Gasteiger partial charge in [-0.05, 0) is 42.8 Å². The molecule has 6 heteroatoms. The van der Waals surface area contributed by atoms with Crippen LogP contribution in [0.3, 0.4) is 0 Å². The molecule has 0 N–H and O–H groups in total. The van der Waals surface area contributed by atoms with Gasteiger partial charge in [0.05, 0.1) is 24.2 Å². The molecule has 5 nitrogen and oxygen atoms in total. The fraction of sp³-hybridized carbons (Fsp3) is 0.296. The first kappa shape index (κ1) is 26.3. The van der Waals surface area contributed by atoms with Crippen molar-refractivity contribution in [2.24, 2.45) is 4.99 Å². The Morgan fingerprint density at radius 2 is 1.73 bits per heavy atom. The molecule has 0 spiro atoms. The Morgan fingerprint density at radius 3 is 2.39 bits per heavy atom. The summed E-state index contributed by atoms with van der Waals surface area (Å²) in [6.07, 6.45) is 3.03. The maximum Gasteiger partial charge on any atom is 0.277 e. The molecule has 1 aromatic heterocycles. The summed E-state index contributed by atoms with van der Waals surface area (Å²) in [7, 11) is 3.05. The maximum absolute atomic E-state index is 12.5. The second-order valence-corrected chi connectivity index (χ2v) is 8.19. The van der Waals surface area contributed by atoms with Gasteiger partial charge in [-0.3, -0.25) is 14.6 Å². The number of hydrogen-bond acceptors (Lipinski definition) is 5. The number of carbonyl (C=O) groups excluding carboxylic acids is 1. The number of nitrogens with zero attached hydrogens (tertiary/aromatic N) is 3. The van der Waals surface area contributed by atoms with Gasteiger partial charge >= 0.3 is 0 Å². The number of aryl methyl sites for hydroxylation is 1. The van der Waals surface area contributed by atoms with Crippen molar-refractivity contribution < 1.29 is 9.63 Å². The van der Waals surface area contributed by atoms with Crippen LogP contribution in [0.5, 0.6) is 0 Å². The molecule has 174 valence electrons. The van der Waals surface area contributed by atoms with Crippen molar-refractivity contribution in [3.8, 4) is 0 Å². The first-order valence-corrected chi connectivity index (χ1v) is 12.1. The Morgan fingerprint density at radius 1 is 1.03 bits per heavy atom. The summed E-state index contributed by atoms with van der Waals surface area (Å²) in [5.74, 6) is -0.220. The van der Waals surface area contributed by atoms with E-state index in [1.807, 2.05) is 57.2 Å². The van der Waals surface area contributed by atoms with E-state index in [9.17, 15) is 4.79 Å². The topological polar surface area (TPSA) is 54.8 Å². The molecule has 0 unspecified atom stereocenters. The minimum atomic E-state index is -0.220. The van der Waals surface area contributed by atoms with Crippen molar-refractivity contribution in [1.29, 1.82) is 0 Å². The lowest BCUT2D eigenvalue weighted by molar-refractivity contribution is -0.0756. The Hall–Kier alpha value is -2.96. The lowest BCUT2D eigenvalue weighted by atomic mass is 10.0. The minimum absolute atomic E-state index is 0.220. The summed E-state index contributed by atoms with van der Waals surface area (Å²) in [6, 6.07) is 17.7. The van der Waals surface area contributed by atoms with E-state index in [0.29, 0.717) is 5.56 Å². The molecule has 0 saturated heterocycles. The molecule has 0 radical (unpaired) electrons. The van der Waals surface area contributed by atoms with Gasteiger partial charge in [-0.25, -0.2) is 10.1 Å². The number of amides is 1. The molecular weight excluding hydrogens is 430 g/mol. The number of rotatable bonds is 3. The van der Waals surface area contributed by atoms with Gasteiger partial charge in [-0.2, -0.15) is 0 Å². The maximum atomic E-state index is 12.5. The van der Waals surface area contributed by atoms with Crippen molar-refractivity contribution in [3.05, 3.63) is 83.2 Å². The zero-order valence-corrected chi connectivity index (χ0v) is 21.4. The Labute approximate surface area is 201 Å². The van der Waals surface area contributed by atoms with Crippen molar-refractivity contribution in [3.63, 3.8) is 0 Å². The number of carbonyl (C=O) groups is 1. The second-order valence-electron chi connectivity index (χ2n) is 7.10. The van der Waals surface area contributed by atoms with Crippen molar-refractivity contribution in [1.82, 2.24) is 10.0 Å². The fourth-order valence-electron chi connectivity index (χ4n) is 3.05. The molecule has 0 atom stereocenters. The zero-order chi connectivity index (χ0) is 24.4. The highest BCUT2D eigenvalue weighted by molar-refractivity contribution is 7.99. The molecule has 2 aromatic carbocycles. The molecule has 33 heavy (non-hydrogen) atoms. The van der Waals surface area contributed by atoms with Crippen LogP contribution in [0.2, 0.25) is 0 Å². The molecule has 1 aliphatic rings. The number of benzene rings is 2. The third kappa shape index (κ3) is 6.30. The molecular formula is C27H33N3O2S. The smallest absolute Gasteiger partial charge is 0.274 e. The minimum Gasteiger partial charge on any atom is -0.274 e. The molecule has 3 aromatic rings. The summed E-state index contributed by atoms with van der Waals surface area (Å²) >= 11 is 1.64. The SMILES string of the molecule is CC.CCC.CON(C)C(=O)c1ccc2c(c1)N=C(c1ncccc1C)c1ccccc1S2. The third-order valence-corrected chi connectivity index (χ3v) is 5.73. The summed E-state index contributed by atoms with van der Waals surface area (Å²) in [6.45, 7) is 10.3. The van der Waals surface area contributed by atoms with E-state index >= 15 is 0 Å². The van der Waals surface area contributed by atoms with Gasteiger partial charge in [-0.1, -0.05) is 70.1 Å². The average molecular weight is 464 g/mol. The van der Waals surface area contributed by atoms with Crippen LogP contribution < -0.4 is 0 Å². The van der Waals surface area contributed by atoms with Crippen LogP contribution in [0.15, 0.2) is 75.6 Å². The van der Waals surface area contributed by atoms with Crippen molar-refractivity contribution in [2.45, 2.75) is 50.8 Å². The predicted octanol–water partition coefficient (Wildman–Crippen LogP) is 7.10. The van der Waals surface area contributed by atoms with Crippen LogP contribution in [-0.4, -0.2) is 35.8 Å². The van der Waals surface area contributed by atoms with E-state index in [0.717, 1.165) is 38.0 Å². The normalized spacial score (nSPS) is 11.3. The second kappa shape index (κ2) is 12.9. The fourth-order valence-corrected chi connectivity index (χ4v) is 4.06. The largest absolute Gasteiger partial charge is 0.277 e. The summed E-state index contributed by atoms with van der Waals surface area (Å²) in [4.78, 5) is 29.2. The van der Waals surface area contributed by atoms with Crippen molar-refractivity contribution in [2.75, 3.05) is 14.2 Å². The van der Waals surface area contributed by atoms with Gasteiger partial charge in [0.15, 0.2) is 0 Å². The molecule has 0 aliphatic carbocycles. The summed E-state index contributed by atoms with van der Waals surface area (Å²) in [5, 5.41) is 1.20. The molecule has 1 aliphatic heterocycles.